The minimum Gasteiger partial charge on any atom is -0.361 e. The Bertz CT molecular complexity index is 1440. The minimum atomic E-state index is -1.06. The zero-order valence-corrected chi connectivity index (χ0v) is 21.6. The minimum absolute atomic E-state index is 0.129. The molecule has 2 aliphatic carbocycles. The first-order chi connectivity index (χ1) is 17.8. The van der Waals surface area contributed by atoms with Crippen molar-refractivity contribution in [2.45, 2.75) is 77.6 Å². The van der Waals surface area contributed by atoms with Gasteiger partial charge in [0.1, 0.15) is 17.1 Å². The third-order valence-electron chi connectivity index (χ3n) is 7.86. The Balaban J connectivity index is 1.37. The van der Waals surface area contributed by atoms with E-state index in [1.807, 2.05) is 26.1 Å². The summed E-state index contributed by atoms with van der Waals surface area (Å²) in [6, 6.07) is 6.15. The number of amides is 1. The second-order valence-electron chi connectivity index (χ2n) is 11.0. The molecule has 0 aromatic carbocycles. The molecule has 192 valence electrons. The molecule has 0 saturated heterocycles. The number of aryl methyl sites for hydroxylation is 2. The third kappa shape index (κ3) is 4.77. The van der Waals surface area contributed by atoms with Crippen LogP contribution in [0.3, 0.4) is 0 Å². The first kappa shape index (κ1) is 23.8. The van der Waals surface area contributed by atoms with Crippen molar-refractivity contribution in [1.29, 1.82) is 0 Å². The summed E-state index contributed by atoms with van der Waals surface area (Å²) in [7, 11) is 0. The number of nitrogens with one attached hydrogen (secondary N) is 1. The lowest BCUT2D eigenvalue weighted by atomic mass is 9.81. The van der Waals surface area contributed by atoms with Gasteiger partial charge in [0, 0.05) is 53.4 Å². The van der Waals surface area contributed by atoms with Crippen LogP contribution in [-0.4, -0.2) is 37.3 Å². The molecular formula is C29H32FN5O2. The summed E-state index contributed by atoms with van der Waals surface area (Å²) in [5.41, 5.74) is 5.87. The molecule has 0 spiro atoms. The summed E-state index contributed by atoms with van der Waals surface area (Å²) in [6.07, 6.45) is 10.7. The van der Waals surface area contributed by atoms with Crippen LogP contribution in [0.5, 0.6) is 0 Å². The van der Waals surface area contributed by atoms with E-state index in [0.717, 1.165) is 77.0 Å². The number of hydrogen-bond acceptors (Lipinski definition) is 5. The highest BCUT2D eigenvalue weighted by atomic mass is 19.1. The zero-order chi connectivity index (χ0) is 25.7. The molecule has 6 rings (SSSR count). The number of aromatic nitrogens is 4. The van der Waals surface area contributed by atoms with Gasteiger partial charge in [0.05, 0.1) is 16.7 Å². The van der Waals surface area contributed by atoms with Crippen molar-refractivity contribution in [1.82, 2.24) is 25.0 Å². The zero-order valence-electron chi connectivity index (χ0n) is 21.6. The maximum Gasteiger partial charge on any atom is 0.270 e. The maximum atomic E-state index is 14.4. The number of carbonyl (C=O) groups excluding carboxylic acids is 1. The van der Waals surface area contributed by atoms with E-state index < -0.39 is 5.67 Å². The molecule has 1 amide bonds. The van der Waals surface area contributed by atoms with Gasteiger partial charge in [0.25, 0.3) is 5.91 Å². The predicted octanol–water partition coefficient (Wildman–Crippen LogP) is 6.18. The van der Waals surface area contributed by atoms with Crippen LogP contribution in [0.15, 0.2) is 41.3 Å². The number of alkyl halides is 1. The quantitative estimate of drug-likeness (QED) is 0.341. The third-order valence-corrected chi connectivity index (χ3v) is 7.86. The summed E-state index contributed by atoms with van der Waals surface area (Å²) in [6.45, 7) is 6.36. The van der Waals surface area contributed by atoms with Crippen LogP contribution < -0.4 is 5.32 Å². The van der Waals surface area contributed by atoms with Crippen LogP contribution in [0.2, 0.25) is 0 Å². The molecule has 4 aromatic rings. The van der Waals surface area contributed by atoms with Crippen molar-refractivity contribution in [3.63, 3.8) is 0 Å². The fraction of sp³-hybridized carbons (Fsp3) is 0.448. The van der Waals surface area contributed by atoms with Gasteiger partial charge in [-0.25, -0.2) is 4.39 Å². The predicted molar refractivity (Wildman–Crippen MR) is 140 cm³/mol. The van der Waals surface area contributed by atoms with Gasteiger partial charge in [-0.1, -0.05) is 11.2 Å². The van der Waals surface area contributed by atoms with Gasteiger partial charge in [-0.15, -0.1) is 0 Å². The van der Waals surface area contributed by atoms with E-state index in [0.29, 0.717) is 24.5 Å². The highest BCUT2D eigenvalue weighted by Crippen LogP contribution is 2.38. The Morgan fingerprint density at radius 3 is 2.54 bits per heavy atom. The fourth-order valence-electron chi connectivity index (χ4n) is 5.48. The molecule has 2 aliphatic rings. The Hall–Kier alpha value is -3.55. The number of rotatable bonds is 6. The molecule has 8 heteroatoms. The molecule has 0 bridgehead atoms. The maximum absolute atomic E-state index is 14.4. The summed E-state index contributed by atoms with van der Waals surface area (Å²) in [4.78, 5) is 21.7. The first-order valence-electron chi connectivity index (χ1n) is 13.2. The van der Waals surface area contributed by atoms with Crippen molar-refractivity contribution < 1.29 is 13.7 Å². The van der Waals surface area contributed by atoms with Gasteiger partial charge in [0.2, 0.25) is 0 Å². The van der Waals surface area contributed by atoms with Gasteiger partial charge in [-0.2, -0.15) is 0 Å². The van der Waals surface area contributed by atoms with Crippen molar-refractivity contribution in [2.75, 3.05) is 0 Å². The van der Waals surface area contributed by atoms with Crippen molar-refractivity contribution >= 4 is 16.9 Å². The van der Waals surface area contributed by atoms with Crippen LogP contribution in [-0.2, 0) is 6.54 Å². The summed E-state index contributed by atoms with van der Waals surface area (Å²) in [5.74, 6) is 1.04. The lowest BCUT2D eigenvalue weighted by Crippen LogP contribution is -2.27. The molecule has 7 nitrogen and oxygen atoms in total. The second kappa shape index (κ2) is 9.08. The smallest absolute Gasteiger partial charge is 0.270 e. The molecule has 0 unspecified atom stereocenters. The number of halogens is 1. The van der Waals surface area contributed by atoms with E-state index >= 15 is 0 Å². The average Bonchev–Trinajstić information content (AvgIpc) is 3.54. The van der Waals surface area contributed by atoms with E-state index in [1.165, 1.54) is 0 Å². The van der Waals surface area contributed by atoms with Gasteiger partial charge >= 0.3 is 0 Å². The Kier molecular flexibility index (Phi) is 5.85. The standard InChI is InChI=1S/C29H32FN5O2/c1-17-26(18(2)37-34-17)21-12-25-27(32-14-21)23(16-35(25)15-19-8-10-29(3,30)11-9-19)20-4-7-24(31-13-20)28(36)33-22-5-6-22/h4,7,12-14,16,19,22H,5-6,8-11,15H2,1-3H3,(H,33,36). The molecule has 2 fully saturated rings. The molecule has 4 aromatic heterocycles. The molecule has 0 radical (unpaired) electrons. The van der Waals surface area contributed by atoms with Crippen molar-refractivity contribution in [2.24, 2.45) is 5.92 Å². The van der Waals surface area contributed by atoms with Gasteiger partial charge in [0.15, 0.2) is 0 Å². The Morgan fingerprint density at radius 2 is 1.89 bits per heavy atom. The number of fused-ring (bicyclic) bond motifs is 1. The SMILES string of the molecule is Cc1noc(C)c1-c1cnc2c(-c3ccc(C(=O)NC4CC4)nc3)cn(CC3CCC(C)(F)CC3)c2c1. The molecule has 4 heterocycles. The lowest BCUT2D eigenvalue weighted by molar-refractivity contribution is 0.0945. The first-order valence-corrected chi connectivity index (χ1v) is 13.2. The topological polar surface area (TPSA) is 85.8 Å². The van der Waals surface area contributed by atoms with Crippen molar-refractivity contribution in [3.05, 3.63) is 53.9 Å². The van der Waals surface area contributed by atoms with Crippen molar-refractivity contribution in [3.8, 4) is 22.3 Å². The Labute approximate surface area is 215 Å². The second-order valence-corrected chi connectivity index (χ2v) is 11.0. The van der Waals surface area contributed by atoms with E-state index in [2.05, 4.69) is 32.3 Å². The number of carbonyl (C=O) groups is 1. The molecule has 0 aliphatic heterocycles. The van der Waals surface area contributed by atoms with Gasteiger partial charge in [-0.05, 0) is 77.3 Å². The molecular weight excluding hydrogens is 469 g/mol. The van der Waals surface area contributed by atoms with Gasteiger partial charge < -0.3 is 14.4 Å². The summed E-state index contributed by atoms with van der Waals surface area (Å²) < 4.78 is 22.1. The van der Waals surface area contributed by atoms with E-state index in [1.54, 1.807) is 19.2 Å². The van der Waals surface area contributed by atoms with Crippen LogP contribution in [0.1, 0.15) is 67.4 Å². The van der Waals surface area contributed by atoms with E-state index in [-0.39, 0.29) is 11.9 Å². The highest BCUT2D eigenvalue weighted by Gasteiger charge is 2.31. The van der Waals surface area contributed by atoms with Crippen LogP contribution >= 0.6 is 0 Å². The number of pyridine rings is 2. The summed E-state index contributed by atoms with van der Waals surface area (Å²) >= 11 is 0. The van der Waals surface area contributed by atoms with Gasteiger partial charge in [-0.3, -0.25) is 14.8 Å². The lowest BCUT2D eigenvalue weighted by Gasteiger charge is -2.31. The monoisotopic (exact) mass is 501 g/mol. The Morgan fingerprint density at radius 1 is 1.14 bits per heavy atom. The van der Waals surface area contributed by atoms with Crippen LogP contribution in [0, 0.1) is 19.8 Å². The van der Waals surface area contributed by atoms with Crippen LogP contribution in [0.25, 0.3) is 33.3 Å². The summed E-state index contributed by atoms with van der Waals surface area (Å²) in [5, 5.41) is 7.10. The fourth-order valence-corrected chi connectivity index (χ4v) is 5.48. The molecule has 0 atom stereocenters. The number of nitrogens with zero attached hydrogens (tertiary/aromatic N) is 4. The van der Waals surface area contributed by atoms with E-state index in [4.69, 9.17) is 9.51 Å². The normalized spacial score (nSPS) is 21.9. The highest BCUT2D eigenvalue weighted by molar-refractivity contribution is 5.96. The van der Waals surface area contributed by atoms with E-state index in [9.17, 15) is 9.18 Å². The largest absolute Gasteiger partial charge is 0.361 e. The molecule has 2 saturated carbocycles. The number of hydrogen-bond donors (Lipinski definition) is 1. The average molecular weight is 502 g/mol. The van der Waals surface area contributed by atoms with Crippen LogP contribution in [0.4, 0.5) is 4.39 Å². The molecule has 37 heavy (non-hydrogen) atoms. The molecule has 1 N–H and O–H groups in total.